The first-order valence-corrected chi connectivity index (χ1v) is 6.24. The van der Waals surface area contributed by atoms with Crippen LogP contribution in [0.1, 0.15) is 13.3 Å². The van der Waals surface area contributed by atoms with Crippen LogP contribution in [0.15, 0.2) is 18.2 Å². The van der Waals surface area contributed by atoms with Gasteiger partial charge in [0.25, 0.3) is 0 Å². The third-order valence-electron chi connectivity index (χ3n) is 2.80. The molecule has 0 heterocycles. The van der Waals surface area contributed by atoms with Crippen molar-refractivity contribution >= 4 is 28.9 Å². The Morgan fingerprint density at radius 3 is 2.95 bits per heavy atom. The zero-order chi connectivity index (χ0) is 14.4. The van der Waals surface area contributed by atoms with Gasteiger partial charge in [0.1, 0.15) is 0 Å². The Hall–Kier alpha value is -1.77. The Bertz CT molecular complexity index is 498. The van der Waals surface area contributed by atoms with Gasteiger partial charge in [0.15, 0.2) is 0 Å². The molecule has 1 amide bonds. The number of benzene rings is 1. The van der Waals surface area contributed by atoms with Gasteiger partial charge < -0.3 is 11.1 Å². The van der Waals surface area contributed by atoms with Crippen molar-refractivity contribution in [1.29, 1.82) is 5.26 Å². The lowest BCUT2D eigenvalue weighted by atomic mass is 10.2. The second-order valence-electron chi connectivity index (χ2n) is 4.41. The predicted octanol–water partition coefficient (Wildman–Crippen LogP) is 2.09. The molecule has 0 radical (unpaired) electrons. The van der Waals surface area contributed by atoms with E-state index in [0.29, 0.717) is 22.8 Å². The Morgan fingerprint density at radius 1 is 1.63 bits per heavy atom. The number of nitriles is 1. The molecule has 1 atom stereocenters. The molecule has 102 valence electrons. The van der Waals surface area contributed by atoms with E-state index in [0.717, 1.165) is 0 Å². The molecule has 0 spiro atoms. The number of carbonyl (C=O) groups is 1. The largest absolute Gasteiger partial charge is 0.399 e. The third-order valence-corrected chi connectivity index (χ3v) is 3.13. The van der Waals surface area contributed by atoms with Crippen LogP contribution in [0, 0.1) is 11.3 Å². The fraction of sp³-hybridized carbons (Fsp3) is 0.385. The molecule has 0 saturated carbocycles. The highest BCUT2D eigenvalue weighted by Gasteiger charge is 2.13. The third kappa shape index (κ3) is 4.78. The van der Waals surface area contributed by atoms with Crippen molar-refractivity contribution in [3.63, 3.8) is 0 Å². The average molecular weight is 281 g/mol. The van der Waals surface area contributed by atoms with Crippen LogP contribution in [0.2, 0.25) is 5.02 Å². The van der Waals surface area contributed by atoms with E-state index >= 15 is 0 Å². The standard InChI is InChI=1S/C13H17ClN4O/c1-9(5-6-15)18(2)8-13(19)17-12-7-10(16)3-4-11(12)14/h3-4,7,9H,5,8,16H2,1-2H3,(H,17,19). The van der Waals surface area contributed by atoms with Crippen LogP contribution in [0.25, 0.3) is 0 Å². The smallest absolute Gasteiger partial charge is 0.238 e. The number of nitrogens with one attached hydrogen (secondary N) is 1. The highest BCUT2D eigenvalue weighted by atomic mass is 35.5. The number of rotatable bonds is 5. The molecule has 0 aliphatic rings. The van der Waals surface area contributed by atoms with Crippen LogP contribution in [-0.2, 0) is 4.79 Å². The molecule has 19 heavy (non-hydrogen) atoms. The first kappa shape index (κ1) is 15.3. The van der Waals surface area contributed by atoms with Crippen molar-refractivity contribution in [2.45, 2.75) is 19.4 Å². The number of anilines is 2. The van der Waals surface area contributed by atoms with Gasteiger partial charge in [0.2, 0.25) is 5.91 Å². The highest BCUT2D eigenvalue weighted by molar-refractivity contribution is 6.33. The number of nitrogen functional groups attached to an aromatic ring is 1. The second-order valence-corrected chi connectivity index (χ2v) is 4.82. The Balaban J connectivity index is 2.60. The molecule has 1 aromatic rings. The molecule has 0 saturated heterocycles. The minimum atomic E-state index is -0.195. The SMILES string of the molecule is CC(CC#N)N(C)CC(=O)Nc1cc(N)ccc1Cl. The lowest BCUT2D eigenvalue weighted by molar-refractivity contribution is -0.117. The summed E-state index contributed by atoms with van der Waals surface area (Å²) < 4.78 is 0. The minimum Gasteiger partial charge on any atom is -0.399 e. The quantitative estimate of drug-likeness (QED) is 0.809. The summed E-state index contributed by atoms with van der Waals surface area (Å²) in [7, 11) is 1.79. The van der Waals surface area contributed by atoms with Crippen LogP contribution in [-0.4, -0.2) is 30.4 Å². The summed E-state index contributed by atoms with van der Waals surface area (Å²) in [6.45, 7) is 2.08. The lowest BCUT2D eigenvalue weighted by Crippen LogP contribution is -2.36. The molecule has 6 heteroatoms. The van der Waals surface area contributed by atoms with E-state index < -0.39 is 0 Å². The fourth-order valence-corrected chi connectivity index (χ4v) is 1.66. The van der Waals surface area contributed by atoms with Crippen LogP contribution >= 0.6 is 11.6 Å². The molecule has 0 aromatic heterocycles. The number of nitrogens with two attached hydrogens (primary N) is 1. The summed E-state index contributed by atoms with van der Waals surface area (Å²) >= 11 is 5.96. The van der Waals surface area contributed by atoms with Crippen molar-refractivity contribution in [3.05, 3.63) is 23.2 Å². The summed E-state index contributed by atoms with van der Waals surface area (Å²) in [6, 6.07) is 7.01. The van der Waals surface area contributed by atoms with Gasteiger partial charge in [-0.3, -0.25) is 9.69 Å². The molecule has 1 rings (SSSR count). The maximum atomic E-state index is 11.9. The first-order valence-electron chi connectivity index (χ1n) is 5.86. The number of carbonyl (C=O) groups excluding carboxylic acids is 1. The minimum absolute atomic E-state index is 0.0204. The van der Waals surface area contributed by atoms with E-state index in [4.69, 9.17) is 22.6 Å². The molecule has 0 bridgehead atoms. The molecule has 0 fully saturated rings. The van der Waals surface area contributed by atoms with E-state index in [9.17, 15) is 4.79 Å². The normalized spacial score (nSPS) is 11.9. The zero-order valence-electron chi connectivity index (χ0n) is 11.0. The number of hydrogen-bond donors (Lipinski definition) is 2. The van der Waals surface area contributed by atoms with Gasteiger partial charge in [-0.15, -0.1) is 0 Å². The van der Waals surface area contributed by atoms with Crippen LogP contribution in [0.3, 0.4) is 0 Å². The Kier molecular flexibility index (Phi) is 5.61. The number of nitrogens with zero attached hydrogens (tertiary/aromatic N) is 2. The van der Waals surface area contributed by atoms with Crippen molar-refractivity contribution in [2.75, 3.05) is 24.6 Å². The van der Waals surface area contributed by atoms with E-state index in [2.05, 4.69) is 11.4 Å². The van der Waals surface area contributed by atoms with Gasteiger partial charge in [-0.1, -0.05) is 11.6 Å². The Morgan fingerprint density at radius 2 is 2.32 bits per heavy atom. The first-order chi connectivity index (χ1) is 8.93. The number of likely N-dealkylation sites (N-methyl/N-ethyl adjacent to an activating group) is 1. The maximum absolute atomic E-state index is 11.9. The van der Waals surface area contributed by atoms with Gasteiger partial charge in [0.05, 0.1) is 29.7 Å². The van der Waals surface area contributed by atoms with Crippen molar-refractivity contribution < 1.29 is 4.79 Å². The molecule has 1 aromatic carbocycles. The fourth-order valence-electron chi connectivity index (χ4n) is 1.50. The monoisotopic (exact) mass is 280 g/mol. The van der Waals surface area contributed by atoms with Crippen LogP contribution in [0.5, 0.6) is 0 Å². The summed E-state index contributed by atoms with van der Waals surface area (Å²) in [5.74, 6) is -0.195. The number of halogens is 1. The summed E-state index contributed by atoms with van der Waals surface area (Å²) in [5, 5.41) is 11.8. The van der Waals surface area contributed by atoms with Gasteiger partial charge in [0, 0.05) is 11.7 Å². The van der Waals surface area contributed by atoms with E-state index in [-0.39, 0.29) is 18.5 Å². The molecule has 1 unspecified atom stereocenters. The highest BCUT2D eigenvalue weighted by Crippen LogP contribution is 2.23. The zero-order valence-corrected chi connectivity index (χ0v) is 11.7. The molecule has 0 aliphatic heterocycles. The summed E-state index contributed by atoms with van der Waals surface area (Å²) in [6.07, 6.45) is 0.378. The summed E-state index contributed by atoms with van der Waals surface area (Å²) in [4.78, 5) is 13.7. The predicted molar refractivity (Wildman–Crippen MR) is 76.8 cm³/mol. The van der Waals surface area contributed by atoms with Gasteiger partial charge in [-0.25, -0.2) is 0 Å². The van der Waals surface area contributed by atoms with Crippen LogP contribution in [0.4, 0.5) is 11.4 Å². The maximum Gasteiger partial charge on any atom is 0.238 e. The van der Waals surface area contributed by atoms with E-state index in [1.165, 1.54) is 0 Å². The van der Waals surface area contributed by atoms with Crippen molar-refractivity contribution in [2.24, 2.45) is 0 Å². The summed E-state index contributed by atoms with van der Waals surface area (Å²) in [5.41, 5.74) is 6.66. The topological polar surface area (TPSA) is 82.2 Å². The number of hydrogen-bond acceptors (Lipinski definition) is 4. The van der Waals surface area contributed by atoms with E-state index in [1.807, 2.05) is 6.92 Å². The van der Waals surface area contributed by atoms with Gasteiger partial charge in [-0.05, 0) is 32.2 Å². The van der Waals surface area contributed by atoms with E-state index in [1.54, 1.807) is 30.1 Å². The average Bonchev–Trinajstić information content (AvgIpc) is 2.34. The van der Waals surface area contributed by atoms with Gasteiger partial charge >= 0.3 is 0 Å². The van der Waals surface area contributed by atoms with Crippen molar-refractivity contribution in [1.82, 2.24) is 4.90 Å². The lowest BCUT2D eigenvalue weighted by Gasteiger charge is -2.21. The molecular formula is C13H17ClN4O. The Labute approximate surface area is 117 Å². The molecule has 0 aliphatic carbocycles. The second kappa shape index (κ2) is 6.98. The van der Waals surface area contributed by atoms with Crippen molar-refractivity contribution in [3.8, 4) is 6.07 Å². The molecule has 5 nitrogen and oxygen atoms in total. The molecule has 3 N–H and O–H groups in total. The van der Waals surface area contributed by atoms with Gasteiger partial charge in [-0.2, -0.15) is 5.26 Å². The number of amides is 1. The van der Waals surface area contributed by atoms with Crippen LogP contribution < -0.4 is 11.1 Å². The molecular weight excluding hydrogens is 264 g/mol.